The summed E-state index contributed by atoms with van der Waals surface area (Å²) >= 11 is 3.35. The van der Waals surface area contributed by atoms with E-state index >= 15 is 0 Å². The fraction of sp³-hybridized carbons (Fsp3) is 0.385. The summed E-state index contributed by atoms with van der Waals surface area (Å²) in [5, 5.41) is 9.05. The number of halogens is 1. The third-order valence-electron chi connectivity index (χ3n) is 2.58. The third kappa shape index (κ3) is 3.57. The summed E-state index contributed by atoms with van der Waals surface area (Å²) in [5.74, 6) is -1.38. The highest BCUT2D eigenvalue weighted by Crippen LogP contribution is 2.26. The van der Waals surface area contributed by atoms with Crippen molar-refractivity contribution in [2.75, 3.05) is 6.61 Å². The Bertz CT molecular complexity index is 422. The molecule has 0 aliphatic rings. The summed E-state index contributed by atoms with van der Waals surface area (Å²) < 4.78 is 5.86. The molecule has 0 spiro atoms. The van der Waals surface area contributed by atoms with Gasteiger partial charge in [0, 0.05) is 10.4 Å². The molecule has 3 nitrogen and oxygen atoms in total. The van der Waals surface area contributed by atoms with E-state index in [1.807, 2.05) is 37.3 Å². The van der Waals surface area contributed by atoms with Gasteiger partial charge in [-0.25, -0.2) is 0 Å². The molecular formula is C13H14BrNO2. The van der Waals surface area contributed by atoms with Gasteiger partial charge in [0.2, 0.25) is 0 Å². The minimum Gasteiger partial charge on any atom is -0.465 e. The molecular weight excluding hydrogens is 282 g/mol. The normalized spacial score (nSPS) is 13.5. The van der Waals surface area contributed by atoms with Gasteiger partial charge in [0.05, 0.1) is 12.7 Å². The SMILES string of the molecule is CCOC(=O)C(C#N)C(C)c1ccc(Br)cc1. The van der Waals surface area contributed by atoms with E-state index in [1.54, 1.807) is 6.92 Å². The van der Waals surface area contributed by atoms with Gasteiger partial charge in [-0.2, -0.15) is 5.26 Å². The number of hydrogen-bond acceptors (Lipinski definition) is 3. The second-order valence-electron chi connectivity index (χ2n) is 3.70. The van der Waals surface area contributed by atoms with Crippen molar-refractivity contribution in [3.8, 4) is 6.07 Å². The van der Waals surface area contributed by atoms with Gasteiger partial charge in [-0.1, -0.05) is 35.0 Å². The molecule has 0 bridgehead atoms. The van der Waals surface area contributed by atoms with Crippen molar-refractivity contribution in [1.29, 1.82) is 5.26 Å². The monoisotopic (exact) mass is 295 g/mol. The van der Waals surface area contributed by atoms with Crippen LogP contribution in [-0.2, 0) is 9.53 Å². The fourth-order valence-electron chi connectivity index (χ4n) is 1.56. The average molecular weight is 296 g/mol. The lowest BCUT2D eigenvalue weighted by molar-refractivity contribution is -0.146. The zero-order valence-electron chi connectivity index (χ0n) is 9.81. The standard InChI is InChI=1S/C13H14BrNO2/c1-3-17-13(16)12(8-15)9(2)10-4-6-11(14)7-5-10/h4-7,9,12H,3H2,1-2H3. The molecule has 0 aromatic heterocycles. The summed E-state index contributed by atoms with van der Waals surface area (Å²) in [4.78, 5) is 11.6. The lowest BCUT2D eigenvalue weighted by Crippen LogP contribution is -2.21. The van der Waals surface area contributed by atoms with E-state index in [4.69, 9.17) is 10.00 Å². The van der Waals surface area contributed by atoms with Crippen LogP contribution in [0.3, 0.4) is 0 Å². The Morgan fingerprint density at radius 2 is 2.06 bits per heavy atom. The van der Waals surface area contributed by atoms with E-state index in [1.165, 1.54) is 0 Å². The van der Waals surface area contributed by atoms with Crippen molar-refractivity contribution in [1.82, 2.24) is 0 Å². The molecule has 0 aliphatic carbocycles. The largest absolute Gasteiger partial charge is 0.465 e. The van der Waals surface area contributed by atoms with E-state index in [0.717, 1.165) is 10.0 Å². The maximum absolute atomic E-state index is 11.6. The Kier molecular flexibility index (Phi) is 5.17. The zero-order valence-corrected chi connectivity index (χ0v) is 11.4. The van der Waals surface area contributed by atoms with Crippen LogP contribution in [-0.4, -0.2) is 12.6 Å². The van der Waals surface area contributed by atoms with E-state index < -0.39 is 11.9 Å². The number of rotatable bonds is 4. The molecule has 1 rings (SSSR count). The maximum atomic E-state index is 11.6. The van der Waals surface area contributed by atoms with E-state index in [0.29, 0.717) is 6.61 Å². The van der Waals surface area contributed by atoms with Crippen molar-refractivity contribution in [2.24, 2.45) is 5.92 Å². The first kappa shape index (κ1) is 13.7. The number of hydrogen-bond donors (Lipinski definition) is 0. The number of esters is 1. The van der Waals surface area contributed by atoms with Crippen LogP contribution in [0.2, 0.25) is 0 Å². The van der Waals surface area contributed by atoms with Crippen molar-refractivity contribution < 1.29 is 9.53 Å². The first-order valence-corrected chi connectivity index (χ1v) is 6.21. The Balaban J connectivity index is 2.86. The predicted octanol–water partition coefficient (Wildman–Crippen LogP) is 3.26. The molecule has 0 fully saturated rings. The molecule has 17 heavy (non-hydrogen) atoms. The number of nitriles is 1. The van der Waals surface area contributed by atoms with Crippen LogP contribution >= 0.6 is 15.9 Å². The summed E-state index contributed by atoms with van der Waals surface area (Å²) in [6.45, 7) is 3.88. The average Bonchev–Trinajstić information content (AvgIpc) is 2.31. The number of ether oxygens (including phenoxy) is 1. The van der Waals surface area contributed by atoms with Crippen molar-refractivity contribution in [3.63, 3.8) is 0 Å². The minimum absolute atomic E-state index is 0.174. The van der Waals surface area contributed by atoms with Crippen molar-refractivity contribution in [2.45, 2.75) is 19.8 Å². The molecule has 0 radical (unpaired) electrons. The van der Waals surface area contributed by atoms with Crippen LogP contribution < -0.4 is 0 Å². The van der Waals surface area contributed by atoms with Gasteiger partial charge in [0.1, 0.15) is 0 Å². The van der Waals surface area contributed by atoms with E-state index in [2.05, 4.69) is 15.9 Å². The summed E-state index contributed by atoms with van der Waals surface area (Å²) in [6, 6.07) is 9.60. The molecule has 1 aromatic carbocycles. The van der Waals surface area contributed by atoms with Gasteiger partial charge in [0.15, 0.2) is 5.92 Å². The van der Waals surface area contributed by atoms with Gasteiger partial charge in [-0.05, 0) is 24.6 Å². The smallest absolute Gasteiger partial charge is 0.323 e. The first-order valence-electron chi connectivity index (χ1n) is 5.41. The Morgan fingerprint density at radius 1 is 1.47 bits per heavy atom. The van der Waals surface area contributed by atoms with Crippen LogP contribution in [0, 0.1) is 17.2 Å². The van der Waals surface area contributed by atoms with Crippen molar-refractivity contribution in [3.05, 3.63) is 34.3 Å². The van der Waals surface area contributed by atoms with Crippen LogP contribution in [0.1, 0.15) is 25.3 Å². The Hall–Kier alpha value is -1.34. The van der Waals surface area contributed by atoms with Gasteiger partial charge < -0.3 is 4.74 Å². The molecule has 0 aliphatic heterocycles. The molecule has 0 N–H and O–H groups in total. The van der Waals surface area contributed by atoms with Gasteiger partial charge in [0.25, 0.3) is 0 Å². The van der Waals surface area contributed by atoms with Crippen LogP contribution in [0.5, 0.6) is 0 Å². The molecule has 2 unspecified atom stereocenters. The predicted molar refractivity (Wildman–Crippen MR) is 68.3 cm³/mol. The second-order valence-corrected chi connectivity index (χ2v) is 4.61. The minimum atomic E-state index is -0.754. The molecule has 2 atom stereocenters. The van der Waals surface area contributed by atoms with Crippen LogP contribution in [0.4, 0.5) is 0 Å². The molecule has 1 aromatic rings. The summed E-state index contributed by atoms with van der Waals surface area (Å²) in [7, 11) is 0. The number of carbonyl (C=O) groups is 1. The molecule has 90 valence electrons. The second kappa shape index (κ2) is 6.41. The third-order valence-corrected chi connectivity index (χ3v) is 3.10. The van der Waals surface area contributed by atoms with Gasteiger partial charge in [-0.3, -0.25) is 4.79 Å². The zero-order chi connectivity index (χ0) is 12.8. The molecule has 0 amide bonds. The van der Waals surface area contributed by atoms with Crippen LogP contribution in [0.15, 0.2) is 28.7 Å². The van der Waals surface area contributed by atoms with Gasteiger partial charge in [-0.15, -0.1) is 0 Å². The summed E-state index contributed by atoms with van der Waals surface area (Å²) in [5.41, 5.74) is 0.952. The van der Waals surface area contributed by atoms with E-state index in [9.17, 15) is 4.79 Å². The maximum Gasteiger partial charge on any atom is 0.323 e. The first-order chi connectivity index (χ1) is 8.10. The highest BCUT2D eigenvalue weighted by Gasteiger charge is 2.27. The molecule has 0 saturated carbocycles. The summed E-state index contributed by atoms with van der Waals surface area (Å²) in [6.07, 6.45) is 0. The Labute approximate surface area is 110 Å². The number of carbonyl (C=O) groups excluding carboxylic acids is 1. The topological polar surface area (TPSA) is 50.1 Å². The quantitative estimate of drug-likeness (QED) is 0.801. The highest BCUT2D eigenvalue weighted by molar-refractivity contribution is 9.10. The number of benzene rings is 1. The molecule has 0 saturated heterocycles. The van der Waals surface area contributed by atoms with E-state index in [-0.39, 0.29) is 5.92 Å². The fourth-order valence-corrected chi connectivity index (χ4v) is 1.82. The van der Waals surface area contributed by atoms with Gasteiger partial charge >= 0.3 is 5.97 Å². The highest BCUT2D eigenvalue weighted by atomic mass is 79.9. The molecule has 0 heterocycles. The molecule has 4 heteroatoms. The number of nitrogens with zero attached hydrogens (tertiary/aromatic N) is 1. The lowest BCUT2D eigenvalue weighted by Gasteiger charge is -2.16. The van der Waals surface area contributed by atoms with Crippen molar-refractivity contribution >= 4 is 21.9 Å². The van der Waals surface area contributed by atoms with Crippen LogP contribution in [0.25, 0.3) is 0 Å². The lowest BCUT2D eigenvalue weighted by atomic mass is 9.89. The Morgan fingerprint density at radius 3 is 2.53 bits per heavy atom.